The molecular weight excluding hydrogens is 130 g/mol. The summed E-state index contributed by atoms with van der Waals surface area (Å²) in [5.74, 6) is 0.548. The largest absolute Gasteiger partial charge is 0.495 e. The van der Waals surface area contributed by atoms with Crippen molar-refractivity contribution in [3.05, 3.63) is 18.0 Å². The van der Waals surface area contributed by atoms with E-state index in [0.29, 0.717) is 5.75 Å². The molecule has 0 saturated heterocycles. The number of aromatic nitrogens is 2. The standard InChI is InChI=1S/C6H5N3O/c1-10-6-2-5(3-7)9-8-4-6/h2,4H,1H3. The van der Waals surface area contributed by atoms with Crippen LogP contribution in [0.25, 0.3) is 0 Å². The topological polar surface area (TPSA) is 58.8 Å². The summed E-state index contributed by atoms with van der Waals surface area (Å²) in [5.41, 5.74) is 0.263. The van der Waals surface area contributed by atoms with Gasteiger partial charge in [-0.1, -0.05) is 0 Å². The summed E-state index contributed by atoms with van der Waals surface area (Å²) in [6.07, 6.45) is 1.45. The third kappa shape index (κ3) is 1.20. The van der Waals surface area contributed by atoms with Crippen molar-refractivity contribution in [2.45, 2.75) is 0 Å². The van der Waals surface area contributed by atoms with E-state index >= 15 is 0 Å². The molecule has 1 rings (SSSR count). The Morgan fingerprint density at radius 1 is 1.70 bits per heavy atom. The first kappa shape index (κ1) is 6.49. The van der Waals surface area contributed by atoms with Crippen LogP contribution >= 0.6 is 0 Å². The van der Waals surface area contributed by atoms with Crippen molar-refractivity contribution in [3.63, 3.8) is 0 Å². The molecule has 50 valence electrons. The maximum absolute atomic E-state index is 8.35. The number of methoxy groups -OCH3 is 1. The molecule has 1 aromatic heterocycles. The van der Waals surface area contributed by atoms with Crippen molar-refractivity contribution in [1.29, 1.82) is 5.26 Å². The average molecular weight is 135 g/mol. The molecule has 0 fully saturated rings. The van der Waals surface area contributed by atoms with Crippen LogP contribution in [0.1, 0.15) is 5.69 Å². The summed E-state index contributed by atoms with van der Waals surface area (Å²) >= 11 is 0. The maximum Gasteiger partial charge on any atom is 0.166 e. The Labute approximate surface area is 58.1 Å². The highest BCUT2D eigenvalue weighted by Gasteiger charge is 1.94. The zero-order chi connectivity index (χ0) is 7.40. The fourth-order valence-corrected chi connectivity index (χ4v) is 0.515. The average Bonchev–Trinajstić information content (AvgIpc) is 2.05. The second-order valence-corrected chi connectivity index (χ2v) is 1.59. The first-order valence-electron chi connectivity index (χ1n) is 2.63. The Balaban J connectivity index is 3.01. The number of rotatable bonds is 1. The van der Waals surface area contributed by atoms with E-state index in [1.807, 2.05) is 6.07 Å². The second-order valence-electron chi connectivity index (χ2n) is 1.59. The normalized spacial score (nSPS) is 8.40. The number of nitrogens with zero attached hydrogens (tertiary/aromatic N) is 3. The van der Waals surface area contributed by atoms with Crippen molar-refractivity contribution >= 4 is 0 Å². The molecule has 0 amide bonds. The predicted octanol–water partition coefficient (Wildman–Crippen LogP) is 0.357. The van der Waals surface area contributed by atoms with Crippen LogP contribution in [-0.2, 0) is 0 Å². The van der Waals surface area contributed by atoms with Gasteiger partial charge in [0.2, 0.25) is 0 Å². The van der Waals surface area contributed by atoms with Gasteiger partial charge >= 0.3 is 0 Å². The number of ether oxygens (including phenoxy) is 1. The fourth-order valence-electron chi connectivity index (χ4n) is 0.515. The number of hydrogen-bond donors (Lipinski definition) is 0. The molecule has 1 heterocycles. The third-order valence-electron chi connectivity index (χ3n) is 0.980. The van der Waals surface area contributed by atoms with E-state index in [4.69, 9.17) is 10.00 Å². The highest BCUT2D eigenvalue weighted by molar-refractivity contribution is 5.26. The van der Waals surface area contributed by atoms with Crippen LogP contribution in [0.3, 0.4) is 0 Å². The minimum atomic E-state index is 0.263. The summed E-state index contributed by atoms with van der Waals surface area (Å²) in [5, 5.41) is 15.4. The molecule has 10 heavy (non-hydrogen) atoms. The predicted molar refractivity (Wildman–Crippen MR) is 33.3 cm³/mol. The van der Waals surface area contributed by atoms with Gasteiger partial charge in [0.1, 0.15) is 11.8 Å². The lowest BCUT2D eigenvalue weighted by atomic mass is 10.4. The van der Waals surface area contributed by atoms with Gasteiger partial charge in [-0.2, -0.15) is 10.4 Å². The summed E-state index contributed by atoms with van der Waals surface area (Å²) < 4.78 is 4.80. The third-order valence-corrected chi connectivity index (χ3v) is 0.980. The van der Waals surface area contributed by atoms with Gasteiger partial charge < -0.3 is 4.74 Å². The molecular formula is C6H5N3O. The minimum Gasteiger partial charge on any atom is -0.495 e. The van der Waals surface area contributed by atoms with Crippen LogP contribution in [0.15, 0.2) is 12.3 Å². The van der Waals surface area contributed by atoms with Gasteiger partial charge in [-0.25, -0.2) is 0 Å². The van der Waals surface area contributed by atoms with Gasteiger partial charge in [0, 0.05) is 6.07 Å². The Hall–Kier alpha value is -1.63. The van der Waals surface area contributed by atoms with Gasteiger partial charge in [-0.15, -0.1) is 5.10 Å². The SMILES string of the molecule is COc1cnnc(C#N)c1. The monoisotopic (exact) mass is 135 g/mol. The molecule has 0 bridgehead atoms. The van der Waals surface area contributed by atoms with Crippen molar-refractivity contribution < 1.29 is 4.74 Å². The van der Waals surface area contributed by atoms with Gasteiger partial charge in [0.05, 0.1) is 13.3 Å². The highest BCUT2D eigenvalue weighted by atomic mass is 16.5. The molecule has 0 spiro atoms. The maximum atomic E-state index is 8.35. The van der Waals surface area contributed by atoms with Crippen molar-refractivity contribution in [2.24, 2.45) is 0 Å². The molecule has 4 nitrogen and oxygen atoms in total. The van der Waals surface area contributed by atoms with Crippen LogP contribution in [0.4, 0.5) is 0 Å². The van der Waals surface area contributed by atoms with Crippen molar-refractivity contribution in [1.82, 2.24) is 10.2 Å². The first-order chi connectivity index (χ1) is 4.86. The Kier molecular flexibility index (Phi) is 1.80. The number of hydrogen-bond acceptors (Lipinski definition) is 4. The van der Waals surface area contributed by atoms with Gasteiger partial charge in [-0.3, -0.25) is 0 Å². The smallest absolute Gasteiger partial charge is 0.166 e. The molecule has 1 aromatic rings. The van der Waals surface area contributed by atoms with E-state index < -0.39 is 0 Å². The zero-order valence-electron chi connectivity index (χ0n) is 5.40. The van der Waals surface area contributed by atoms with Crippen LogP contribution in [0, 0.1) is 11.3 Å². The molecule has 0 aliphatic carbocycles. The lowest BCUT2D eigenvalue weighted by molar-refractivity contribution is 0.411. The van der Waals surface area contributed by atoms with Crippen LogP contribution < -0.4 is 4.74 Å². The van der Waals surface area contributed by atoms with E-state index in [-0.39, 0.29) is 5.69 Å². The highest BCUT2D eigenvalue weighted by Crippen LogP contribution is 2.05. The second kappa shape index (κ2) is 2.78. The van der Waals surface area contributed by atoms with Crippen LogP contribution in [0.5, 0.6) is 5.75 Å². The molecule has 0 atom stereocenters. The van der Waals surface area contributed by atoms with E-state index in [1.165, 1.54) is 19.4 Å². The molecule has 0 aliphatic rings. The lowest BCUT2D eigenvalue weighted by Crippen LogP contribution is -1.89. The zero-order valence-corrected chi connectivity index (χ0v) is 5.40. The Morgan fingerprint density at radius 3 is 3.10 bits per heavy atom. The van der Waals surface area contributed by atoms with E-state index in [2.05, 4.69) is 10.2 Å². The van der Waals surface area contributed by atoms with E-state index in [1.54, 1.807) is 0 Å². The molecule has 0 unspecified atom stereocenters. The van der Waals surface area contributed by atoms with Gasteiger partial charge in [-0.05, 0) is 0 Å². The van der Waals surface area contributed by atoms with E-state index in [9.17, 15) is 0 Å². The summed E-state index contributed by atoms with van der Waals surface area (Å²) in [7, 11) is 1.51. The molecule has 0 radical (unpaired) electrons. The van der Waals surface area contributed by atoms with Crippen LogP contribution in [0.2, 0.25) is 0 Å². The minimum absolute atomic E-state index is 0.263. The quantitative estimate of drug-likeness (QED) is 0.557. The summed E-state index contributed by atoms with van der Waals surface area (Å²) in [6, 6.07) is 3.37. The van der Waals surface area contributed by atoms with E-state index in [0.717, 1.165) is 0 Å². The molecule has 0 aliphatic heterocycles. The Bertz CT molecular complexity index is 266. The molecule has 0 N–H and O–H groups in total. The first-order valence-corrected chi connectivity index (χ1v) is 2.63. The van der Waals surface area contributed by atoms with Crippen molar-refractivity contribution in [2.75, 3.05) is 7.11 Å². The summed E-state index contributed by atoms with van der Waals surface area (Å²) in [6.45, 7) is 0. The summed E-state index contributed by atoms with van der Waals surface area (Å²) in [4.78, 5) is 0. The fraction of sp³-hybridized carbons (Fsp3) is 0.167. The molecule has 0 saturated carbocycles. The van der Waals surface area contributed by atoms with Gasteiger partial charge in [0.15, 0.2) is 5.69 Å². The molecule has 4 heteroatoms. The molecule has 0 aromatic carbocycles. The lowest BCUT2D eigenvalue weighted by Gasteiger charge is -1.94. The Morgan fingerprint density at radius 2 is 2.50 bits per heavy atom. The van der Waals surface area contributed by atoms with Gasteiger partial charge in [0.25, 0.3) is 0 Å². The van der Waals surface area contributed by atoms with Crippen LogP contribution in [-0.4, -0.2) is 17.3 Å². The van der Waals surface area contributed by atoms with Crippen molar-refractivity contribution in [3.8, 4) is 11.8 Å². The number of nitriles is 1.